The van der Waals surface area contributed by atoms with Gasteiger partial charge in [-0.25, -0.2) is 9.97 Å². The van der Waals surface area contributed by atoms with Crippen molar-refractivity contribution in [1.29, 1.82) is 0 Å². The molecule has 0 aromatic carbocycles. The molecular weight excluding hydrogens is 242 g/mol. The summed E-state index contributed by atoms with van der Waals surface area (Å²) in [6, 6.07) is 0. The van der Waals surface area contributed by atoms with Crippen molar-refractivity contribution in [1.82, 2.24) is 9.97 Å². The first kappa shape index (κ1) is 10.1. The van der Waals surface area contributed by atoms with Crippen molar-refractivity contribution in [3.05, 3.63) is 22.7 Å². The standard InChI is InChI=1S/C10H14BrN3/c1-9(2)5-10(9,6-12)8-13-3-7(11)4-14-8/h3-4H,5-6,12H2,1-2H3. The Labute approximate surface area is 92.3 Å². The molecule has 2 N–H and O–H groups in total. The highest BCUT2D eigenvalue weighted by Crippen LogP contribution is 2.62. The van der Waals surface area contributed by atoms with Crippen LogP contribution in [0.15, 0.2) is 16.9 Å². The van der Waals surface area contributed by atoms with E-state index in [1.165, 1.54) is 0 Å². The molecule has 1 aromatic heterocycles. The molecule has 1 heterocycles. The van der Waals surface area contributed by atoms with Crippen LogP contribution < -0.4 is 5.73 Å². The summed E-state index contributed by atoms with van der Waals surface area (Å²) < 4.78 is 0.909. The fourth-order valence-electron chi connectivity index (χ4n) is 2.09. The molecule has 1 aliphatic rings. The molecule has 3 nitrogen and oxygen atoms in total. The van der Waals surface area contributed by atoms with Gasteiger partial charge in [0.05, 0.1) is 4.47 Å². The molecule has 0 spiro atoms. The van der Waals surface area contributed by atoms with Gasteiger partial charge in [-0.05, 0) is 27.8 Å². The molecule has 0 amide bonds. The Kier molecular flexibility index (Phi) is 2.16. The highest BCUT2D eigenvalue weighted by atomic mass is 79.9. The van der Waals surface area contributed by atoms with Gasteiger partial charge in [0, 0.05) is 24.4 Å². The van der Waals surface area contributed by atoms with E-state index in [0.29, 0.717) is 6.54 Å². The normalized spacial score (nSPS) is 28.9. The number of hydrogen-bond donors (Lipinski definition) is 1. The van der Waals surface area contributed by atoms with Gasteiger partial charge in [0.2, 0.25) is 0 Å². The average Bonchev–Trinajstić information content (AvgIpc) is 2.71. The Bertz CT molecular complexity index is 347. The first-order chi connectivity index (χ1) is 6.52. The fourth-order valence-corrected chi connectivity index (χ4v) is 2.30. The van der Waals surface area contributed by atoms with Crippen LogP contribution in [0.3, 0.4) is 0 Å². The summed E-state index contributed by atoms with van der Waals surface area (Å²) in [4.78, 5) is 8.68. The van der Waals surface area contributed by atoms with E-state index >= 15 is 0 Å². The van der Waals surface area contributed by atoms with Gasteiger partial charge in [0.25, 0.3) is 0 Å². The Balaban J connectivity index is 2.36. The van der Waals surface area contributed by atoms with Gasteiger partial charge in [-0.3, -0.25) is 0 Å². The molecule has 0 radical (unpaired) electrons. The predicted molar refractivity (Wildman–Crippen MR) is 58.9 cm³/mol. The van der Waals surface area contributed by atoms with Gasteiger partial charge in [-0.2, -0.15) is 0 Å². The summed E-state index contributed by atoms with van der Waals surface area (Å²) in [5.74, 6) is 0.883. The van der Waals surface area contributed by atoms with E-state index in [1.54, 1.807) is 12.4 Å². The second-order valence-electron chi connectivity index (χ2n) is 4.57. The molecule has 14 heavy (non-hydrogen) atoms. The maximum absolute atomic E-state index is 5.82. The third-order valence-electron chi connectivity index (χ3n) is 3.31. The van der Waals surface area contributed by atoms with E-state index in [2.05, 4.69) is 39.7 Å². The zero-order chi connectivity index (χ0) is 10.4. The maximum Gasteiger partial charge on any atom is 0.136 e. The molecule has 0 bridgehead atoms. The van der Waals surface area contributed by atoms with Crippen LogP contribution >= 0.6 is 15.9 Å². The van der Waals surface area contributed by atoms with Crippen LogP contribution in [0.4, 0.5) is 0 Å². The SMILES string of the molecule is CC1(C)CC1(CN)c1ncc(Br)cn1. The quantitative estimate of drug-likeness (QED) is 0.878. The van der Waals surface area contributed by atoms with E-state index in [4.69, 9.17) is 5.73 Å². The molecule has 1 aromatic rings. The molecule has 2 rings (SSSR count). The van der Waals surface area contributed by atoms with Crippen molar-refractivity contribution < 1.29 is 0 Å². The second kappa shape index (κ2) is 3.00. The number of hydrogen-bond acceptors (Lipinski definition) is 3. The lowest BCUT2D eigenvalue weighted by molar-refractivity contribution is 0.481. The van der Waals surface area contributed by atoms with Crippen LogP contribution in [-0.4, -0.2) is 16.5 Å². The molecule has 1 atom stereocenters. The fraction of sp³-hybridized carbons (Fsp3) is 0.600. The molecule has 1 unspecified atom stereocenters. The summed E-state index contributed by atoms with van der Waals surface area (Å²) in [6.45, 7) is 5.05. The van der Waals surface area contributed by atoms with Crippen molar-refractivity contribution in [2.75, 3.05) is 6.54 Å². The molecular formula is C10H14BrN3. The third kappa shape index (κ3) is 1.28. The Morgan fingerprint density at radius 2 is 1.93 bits per heavy atom. The van der Waals surface area contributed by atoms with E-state index in [9.17, 15) is 0 Å². The summed E-state index contributed by atoms with van der Waals surface area (Å²) in [7, 11) is 0. The number of aromatic nitrogens is 2. The Hall–Kier alpha value is -0.480. The van der Waals surface area contributed by atoms with Gasteiger partial charge >= 0.3 is 0 Å². The van der Waals surface area contributed by atoms with Crippen LogP contribution in [0.2, 0.25) is 0 Å². The van der Waals surface area contributed by atoms with Gasteiger partial charge in [0.15, 0.2) is 0 Å². The largest absolute Gasteiger partial charge is 0.329 e. The number of halogens is 1. The number of rotatable bonds is 2. The molecule has 0 saturated heterocycles. The third-order valence-corrected chi connectivity index (χ3v) is 3.72. The van der Waals surface area contributed by atoms with Crippen molar-refractivity contribution >= 4 is 15.9 Å². The smallest absolute Gasteiger partial charge is 0.136 e. The van der Waals surface area contributed by atoms with Gasteiger partial charge in [-0.1, -0.05) is 13.8 Å². The minimum atomic E-state index is 0.00764. The zero-order valence-electron chi connectivity index (χ0n) is 8.42. The molecule has 1 aliphatic carbocycles. The summed E-state index contributed by atoms with van der Waals surface area (Å²) in [5.41, 5.74) is 6.08. The minimum absolute atomic E-state index is 0.00764. The first-order valence-electron chi connectivity index (χ1n) is 4.70. The topological polar surface area (TPSA) is 51.8 Å². The molecule has 1 fully saturated rings. The summed E-state index contributed by atoms with van der Waals surface area (Å²) in [6.07, 6.45) is 4.65. The van der Waals surface area contributed by atoms with Crippen LogP contribution in [0.25, 0.3) is 0 Å². The van der Waals surface area contributed by atoms with E-state index in [0.717, 1.165) is 16.7 Å². The highest BCUT2D eigenvalue weighted by Gasteiger charge is 2.63. The zero-order valence-corrected chi connectivity index (χ0v) is 10.0. The number of nitrogens with zero attached hydrogens (tertiary/aromatic N) is 2. The summed E-state index contributed by atoms with van der Waals surface area (Å²) >= 11 is 3.33. The van der Waals surface area contributed by atoms with Crippen LogP contribution in [-0.2, 0) is 5.41 Å². The molecule has 1 saturated carbocycles. The maximum atomic E-state index is 5.82. The highest BCUT2D eigenvalue weighted by molar-refractivity contribution is 9.10. The number of nitrogens with two attached hydrogens (primary N) is 1. The Morgan fingerprint density at radius 1 is 1.43 bits per heavy atom. The van der Waals surface area contributed by atoms with Crippen LogP contribution in [0.5, 0.6) is 0 Å². The Morgan fingerprint density at radius 3 is 2.29 bits per heavy atom. The summed E-state index contributed by atoms with van der Waals surface area (Å²) in [5, 5.41) is 0. The molecule has 76 valence electrons. The lowest BCUT2D eigenvalue weighted by Gasteiger charge is -2.16. The lowest BCUT2D eigenvalue weighted by atomic mass is 9.95. The van der Waals surface area contributed by atoms with Gasteiger partial charge < -0.3 is 5.73 Å². The second-order valence-corrected chi connectivity index (χ2v) is 5.49. The van der Waals surface area contributed by atoms with E-state index in [1.807, 2.05) is 0 Å². The van der Waals surface area contributed by atoms with E-state index < -0.39 is 0 Å². The van der Waals surface area contributed by atoms with Gasteiger partial charge in [-0.15, -0.1) is 0 Å². The van der Waals surface area contributed by atoms with Crippen molar-refractivity contribution in [2.24, 2.45) is 11.1 Å². The van der Waals surface area contributed by atoms with E-state index in [-0.39, 0.29) is 10.8 Å². The monoisotopic (exact) mass is 255 g/mol. The minimum Gasteiger partial charge on any atom is -0.329 e. The predicted octanol–water partition coefficient (Wildman–Crippen LogP) is 1.87. The first-order valence-corrected chi connectivity index (χ1v) is 5.49. The van der Waals surface area contributed by atoms with Crippen LogP contribution in [0.1, 0.15) is 26.1 Å². The molecule has 4 heteroatoms. The van der Waals surface area contributed by atoms with Crippen molar-refractivity contribution in [3.63, 3.8) is 0 Å². The lowest BCUT2D eigenvalue weighted by Crippen LogP contribution is -2.27. The van der Waals surface area contributed by atoms with Gasteiger partial charge in [0.1, 0.15) is 5.82 Å². The average molecular weight is 256 g/mol. The van der Waals surface area contributed by atoms with Crippen molar-refractivity contribution in [3.8, 4) is 0 Å². The molecule has 0 aliphatic heterocycles. The van der Waals surface area contributed by atoms with Crippen LogP contribution in [0, 0.1) is 5.41 Å². The van der Waals surface area contributed by atoms with Crippen molar-refractivity contribution in [2.45, 2.75) is 25.7 Å².